The molecule has 0 aromatic heterocycles. The molecule has 6 heteroatoms. The molecule has 0 fully saturated rings. The normalized spacial score (nSPS) is 12.6. The van der Waals surface area contributed by atoms with Crippen LogP contribution in [0.2, 0.25) is 0 Å². The molecular formula is C17H20N2O3S. The fourth-order valence-corrected chi connectivity index (χ4v) is 2.96. The number of sulfonamides is 1. The van der Waals surface area contributed by atoms with Crippen molar-refractivity contribution in [1.82, 2.24) is 0 Å². The molecule has 0 aliphatic rings. The van der Waals surface area contributed by atoms with E-state index in [9.17, 15) is 13.2 Å². The standard InChI is InChI=1S/C17H20N2O3S/c1-13(15-5-3-2-4-6-15)11-17(20)19-16-9-7-14(8-10-16)12-23(18,21)22/h2-10,13H,11-12H2,1H3,(H,19,20)(H2,18,21,22). The molecule has 0 aliphatic carbocycles. The molecule has 1 amide bonds. The first-order chi connectivity index (χ1) is 10.8. The van der Waals surface area contributed by atoms with E-state index in [4.69, 9.17) is 5.14 Å². The number of carbonyl (C=O) groups excluding carboxylic acids is 1. The first-order valence-corrected chi connectivity index (χ1v) is 8.99. The van der Waals surface area contributed by atoms with Crippen LogP contribution < -0.4 is 10.5 Å². The summed E-state index contributed by atoms with van der Waals surface area (Å²) in [6, 6.07) is 16.5. The molecule has 2 aromatic rings. The van der Waals surface area contributed by atoms with Gasteiger partial charge in [-0.1, -0.05) is 49.4 Å². The van der Waals surface area contributed by atoms with E-state index in [1.807, 2.05) is 37.3 Å². The van der Waals surface area contributed by atoms with Gasteiger partial charge in [-0.25, -0.2) is 13.6 Å². The summed E-state index contributed by atoms with van der Waals surface area (Å²) >= 11 is 0. The summed E-state index contributed by atoms with van der Waals surface area (Å²) in [4.78, 5) is 12.1. The van der Waals surface area contributed by atoms with Gasteiger partial charge in [0.2, 0.25) is 15.9 Å². The van der Waals surface area contributed by atoms with Gasteiger partial charge in [0.05, 0.1) is 5.75 Å². The molecule has 2 rings (SSSR count). The summed E-state index contributed by atoms with van der Waals surface area (Å²) in [5.74, 6) is -0.176. The highest BCUT2D eigenvalue weighted by Crippen LogP contribution is 2.19. The van der Waals surface area contributed by atoms with Crippen LogP contribution in [0.5, 0.6) is 0 Å². The Bertz CT molecular complexity index is 756. The van der Waals surface area contributed by atoms with Crippen LogP contribution >= 0.6 is 0 Å². The van der Waals surface area contributed by atoms with Gasteiger partial charge in [-0.15, -0.1) is 0 Å². The van der Waals surface area contributed by atoms with Gasteiger partial charge in [-0.2, -0.15) is 0 Å². The molecule has 23 heavy (non-hydrogen) atoms. The average Bonchev–Trinajstić information content (AvgIpc) is 2.48. The quantitative estimate of drug-likeness (QED) is 0.852. The van der Waals surface area contributed by atoms with Crippen molar-refractivity contribution in [1.29, 1.82) is 0 Å². The lowest BCUT2D eigenvalue weighted by atomic mass is 9.97. The number of hydrogen-bond acceptors (Lipinski definition) is 3. The Kier molecular flexibility index (Phi) is 5.52. The zero-order valence-corrected chi connectivity index (χ0v) is 13.7. The molecule has 0 bridgehead atoms. The molecule has 122 valence electrons. The highest BCUT2D eigenvalue weighted by Gasteiger charge is 2.11. The Hall–Kier alpha value is -2.18. The number of anilines is 1. The second-order valence-electron chi connectivity index (χ2n) is 5.57. The van der Waals surface area contributed by atoms with Crippen LogP contribution in [0, 0.1) is 0 Å². The highest BCUT2D eigenvalue weighted by atomic mass is 32.2. The van der Waals surface area contributed by atoms with Crippen molar-refractivity contribution in [3.63, 3.8) is 0 Å². The molecule has 0 heterocycles. The summed E-state index contributed by atoms with van der Waals surface area (Å²) < 4.78 is 22.1. The fourth-order valence-electron chi connectivity index (χ4n) is 2.31. The lowest BCUT2D eigenvalue weighted by Crippen LogP contribution is -2.15. The number of hydrogen-bond donors (Lipinski definition) is 2. The van der Waals surface area contributed by atoms with E-state index in [1.165, 1.54) is 0 Å². The molecule has 0 saturated carbocycles. The van der Waals surface area contributed by atoms with Gasteiger partial charge in [0.15, 0.2) is 0 Å². The molecule has 3 N–H and O–H groups in total. The first-order valence-electron chi connectivity index (χ1n) is 7.28. The van der Waals surface area contributed by atoms with Crippen LogP contribution in [0.15, 0.2) is 54.6 Å². The number of amides is 1. The predicted octanol–water partition coefficient (Wildman–Crippen LogP) is 2.61. The zero-order valence-electron chi connectivity index (χ0n) is 12.9. The number of rotatable bonds is 6. The third-order valence-corrected chi connectivity index (χ3v) is 4.20. The molecule has 0 spiro atoms. The predicted molar refractivity (Wildman–Crippen MR) is 91.4 cm³/mol. The van der Waals surface area contributed by atoms with Crippen LogP contribution in [0.3, 0.4) is 0 Å². The van der Waals surface area contributed by atoms with E-state index >= 15 is 0 Å². The summed E-state index contributed by atoms with van der Waals surface area (Å²) in [6.07, 6.45) is 0.378. The maximum absolute atomic E-state index is 12.1. The maximum atomic E-state index is 12.1. The topological polar surface area (TPSA) is 89.3 Å². The van der Waals surface area contributed by atoms with E-state index in [2.05, 4.69) is 5.32 Å². The van der Waals surface area contributed by atoms with Crippen molar-refractivity contribution in [2.75, 3.05) is 5.32 Å². The third-order valence-electron chi connectivity index (χ3n) is 3.47. The van der Waals surface area contributed by atoms with Crippen LogP contribution in [0.1, 0.15) is 30.4 Å². The van der Waals surface area contributed by atoms with Gasteiger partial charge < -0.3 is 5.32 Å². The molecular weight excluding hydrogens is 312 g/mol. The van der Waals surface area contributed by atoms with Crippen LogP contribution in [-0.2, 0) is 20.6 Å². The third kappa shape index (κ3) is 5.84. The molecule has 1 atom stereocenters. The Morgan fingerprint density at radius 3 is 2.26 bits per heavy atom. The summed E-state index contributed by atoms with van der Waals surface area (Å²) in [6.45, 7) is 2.00. The number of nitrogens with one attached hydrogen (secondary N) is 1. The van der Waals surface area contributed by atoms with E-state index in [-0.39, 0.29) is 17.6 Å². The highest BCUT2D eigenvalue weighted by molar-refractivity contribution is 7.88. The number of carbonyl (C=O) groups is 1. The Morgan fingerprint density at radius 2 is 1.70 bits per heavy atom. The van der Waals surface area contributed by atoms with Crippen LogP contribution in [0.4, 0.5) is 5.69 Å². The number of nitrogens with two attached hydrogens (primary N) is 1. The van der Waals surface area contributed by atoms with E-state index in [1.54, 1.807) is 24.3 Å². The number of benzene rings is 2. The van der Waals surface area contributed by atoms with Gasteiger partial charge in [0, 0.05) is 12.1 Å². The maximum Gasteiger partial charge on any atom is 0.224 e. The molecule has 0 radical (unpaired) electrons. The van der Waals surface area contributed by atoms with E-state index < -0.39 is 10.0 Å². The van der Waals surface area contributed by atoms with Crippen LogP contribution in [0.25, 0.3) is 0 Å². The Balaban J connectivity index is 1.93. The van der Waals surface area contributed by atoms with Gasteiger partial charge in [0.25, 0.3) is 0 Å². The van der Waals surface area contributed by atoms with Crippen molar-refractivity contribution in [3.8, 4) is 0 Å². The second kappa shape index (κ2) is 7.39. The first kappa shape index (κ1) is 17.2. The smallest absolute Gasteiger partial charge is 0.224 e. The summed E-state index contributed by atoms with van der Waals surface area (Å²) in [5, 5.41) is 7.81. The van der Waals surface area contributed by atoms with Gasteiger partial charge in [-0.3, -0.25) is 4.79 Å². The lowest BCUT2D eigenvalue weighted by molar-refractivity contribution is -0.116. The van der Waals surface area contributed by atoms with E-state index in [0.717, 1.165) is 5.56 Å². The molecule has 5 nitrogen and oxygen atoms in total. The zero-order chi connectivity index (χ0) is 16.9. The largest absolute Gasteiger partial charge is 0.326 e. The average molecular weight is 332 g/mol. The van der Waals surface area contributed by atoms with Crippen molar-refractivity contribution in [3.05, 3.63) is 65.7 Å². The van der Waals surface area contributed by atoms with Crippen molar-refractivity contribution in [2.24, 2.45) is 5.14 Å². The summed E-state index contributed by atoms with van der Waals surface area (Å²) in [5.41, 5.74) is 2.34. The van der Waals surface area contributed by atoms with Crippen molar-refractivity contribution < 1.29 is 13.2 Å². The van der Waals surface area contributed by atoms with Gasteiger partial charge >= 0.3 is 0 Å². The minimum absolute atomic E-state index is 0.0828. The van der Waals surface area contributed by atoms with Gasteiger partial charge in [0.1, 0.15) is 0 Å². The second-order valence-corrected chi connectivity index (χ2v) is 7.18. The SMILES string of the molecule is CC(CC(=O)Nc1ccc(CS(N)(=O)=O)cc1)c1ccccc1. The summed E-state index contributed by atoms with van der Waals surface area (Å²) in [7, 11) is -3.55. The van der Waals surface area contributed by atoms with Crippen molar-refractivity contribution >= 4 is 21.6 Å². The Labute approximate surface area is 136 Å². The fraction of sp³-hybridized carbons (Fsp3) is 0.235. The molecule has 2 aromatic carbocycles. The minimum Gasteiger partial charge on any atom is -0.326 e. The monoisotopic (exact) mass is 332 g/mol. The van der Waals surface area contributed by atoms with E-state index in [0.29, 0.717) is 17.7 Å². The molecule has 0 saturated heterocycles. The molecule has 0 aliphatic heterocycles. The van der Waals surface area contributed by atoms with Gasteiger partial charge in [-0.05, 0) is 29.2 Å². The van der Waals surface area contributed by atoms with Crippen LogP contribution in [-0.4, -0.2) is 14.3 Å². The minimum atomic E-state index is -3.55. The molecule has 1 unspecified atom stereocenters. The number of primary sulfonamides is 1. The lowest BCUT2D eigenvalue weighted by Gasteiger charge is -2.12. The Morgan fingerprint density at radius 1 is 1.09 bits per heavy atom. The van der Waals surface area contributed by atoms with Crippen molar-refractivity contribution in [2.45, 2.75) is 25.0 Å².